The number of nitrogens with zero attached hydrogens (tertiary/aromatic N) is 4. The number of aromatic nitrogens is 3. The Bertz CT molecular complexity index is 1370. The van der Waals surface area contributed by atoms with Crippen molar-refractivity contribution in [1.29, 1.82) is 0 Å². The number of hydrogen-bond donors (Lipinski definition) is 1. The molecule has 3 heterocycles. The van der Waals surface area contributed by atoms with Crippen LogP contribution in [-0.4, -0.2) is 26.3 Å². The number of benzene rings is 2. The van der Waals surface area contributed by atoms with Crippen LogP contribution < -0.4 is 10.9 Å². The zero-order valence-electron chi connectivity index (χ0n) is 15.6. The highest BCUT2D eigenvalue weighted by Crippen LogP contribution is 2.33. The predicted octanol–water partition coefficient (Wildman–Crippen LogP) is 2.66. The molecule has 1 atom stereocenters. The predicted molar refractivity (Wildman–Crippen MR) is 112 cm³/mol. The summed E-state index contributed by atoms with van der Waals surface area (Å²) in [5.74, 6) is -0.287. The Labute approximate surface area is 165 Å². The van der Waals surface area contributed by atoms with E-state index in [1.807, 2.05) is 54.1 Å². The lowest BCUT2D eigenvalue weighted by Gasteiger charge is -2.24. The van der Waals surface area contributed by atoms with Gasteiger partial charge >= 0.3 is 0 Å². The summed E-state index contributed by atoms with van der Waals surface area (Å²) in [6.45, 7) is 0. The number of para-hydroxylation sites is 1. The smallest absolute Gasteiger partial charge is 0.282 e. The molecule has 142 valence electrons. The van der Waals surface area contributed by atoms with Gasteiger partial charge in [0.25, 0.3) is 11.5 Å². The van der Waals surface area contributed by atoms with Crippen molar-refractivity contribution in [1.82, 2.24) is 14.2 Å². The summed E-state index contributed by atoms with van der Waals surface area (Å²) in [5, 5.41) is 7.52. The summed E-state index contributed by atoms with van der Waals surface area (Å²) in [5.41, 5.74) is 1.30. The first-order chi connectivity index (χ1) is 14.1. The van der Waals surface area contributed by atoms with Crippen LogP contribution in [0.5, 0.6) is 0 Å². The van der Waals surface area contributed by atoms with Crippen LogP contribution in [0.4, 0.5) is 5.69 Å². The lowest BCUT2D eigenvalue weighted by atomic mass is 9.89. The molecule has 1 aliphatic rings. The molecule has 2 aromatic heterocycles. The van der Waals surface area contributed by atoms with E-state index >= 15 is 0 Å². The van der Waals surface area contributed by atoms with Crippen molar-refractivity contribution in [2.75, 3.05) is 5.32 Å². The largest absolute Gasteiger partial charge is 0.329 e. The third kappa shape index (κ3) is 2.51. The van der Waals surface area contributed by atoms with Gasteiger partial charge in [0.1, 0.15) is 5.65 Å². The highest BCUT2D eigenvalue weighted by atomic mass is 16.2. The number of fused-ring (bicyclic) bond motifs is 2. The van der Waals surface area contributed by atoms with Crippen molar-refractivity contribution in [3.05, 3.63) is 88.9 Å². The van der Waals surface area contributed by atoms with E-state index in [1.54, 1.807) is 36.7 Å². The van der Waals surface area contributed by atoms with Crippen molar-refractivity contribution in [2.45, 2.75) is 5.54 Å². The van der Waals surface area contributed by atoms with E-state index in [9.17, 15) is 9.59 Å². The minimum atomic E-state index is -1.23. The fourth-order valence-electron chi connectivity index (χ4n) is 3.75. The number of anilines is 1. The molecular formula is C22H17N5O2. The van der Waals surface area contributed by atoms with Crippen LogP contribution in [0, 0.1) is 0 Å². The average molecular weight is 383 g/mol. The molecule has 2 aromatic carbocycles. The van der Waals surface area contributed by atoms with E-state index < -0.39 is 5.54 Å². The Balaban J connectivity index is 1.68. The Morgan fingerprint density at radius 3 is 2.69 bits per heavy atom. The minimum Gasteiger partial charge on any atom is -0.329 e. The van der Waals surface area contributed by atoms with E-state index in [0.29, 0.717) is 22.3 Å². The number of hydrogen-bond acceptors (Lipinski definition) is 4. The van der Waals surface area contributed by atoms with Gasteiger partial charge in [-0.2, -0.15) is 9.61 Å². The second kappa shape index (κ2) is 6.27. The van der Waals surface area contributed by atoms with Gasteiger partial charge in [-0.05, 0) is 42.0 Å². The molecule has 29 heavy (non-hydrogen) atoms. The third-order valence-corrected chi connectivity index (χ3v) is 5.27. The molecule has 0 saturated heterocycles. The molecule has 0 fully saturated rings. The maximum atomic E-state index is 13.2. The summed E-state index contributed by atoms with van der Waals surface area (Å²) in [6, 6.07) is 16.4. The van der Waals surface area contributed by atoms with Crippen molar-refractivity contribution < 1.29 is 4.79 Å². The highest BCUT2D eigenvalue weighted by molar-refractivity contribution is 6.04. The molecule has 1 aliphatic heterocycles. The number of allylic oxidation sites excluding steroid dienone is 1. The van der Waals surface area contributed by atoms with E-state index in [0.717, 1.165) is 5.52 Å². The highest BCUT2D eigenvalue weighted by Gasteiger charge is 2.39. The molecule has 4 aromatic rings. The number of aryl methyl sites for hydroxylation is 1. The molecule has 1 unspecified atom stereocenters. The van der Waals surface area contributed by atoms with Crippen LogP contribution in [0.1, 0.15) is 5.56 Å². The lowest BCUT2D eigenvalue weighted by Crippen LogP contribution is -2.36. The second-order valence-electron chi connectivity index (χ2n) is 6.92. The fourth-order valence-corrected chi connectivity index (χ4v) is 3.75. The molecule has 0 radical (unpaired) electrons. The van der Waals surface area contributed by atoms with E-state index in [2.05, 4.69) is 15.4 Å². The van der Waals surface area contributed by atoms with Crippen LogP contribution in [0.2, 0.25) is 0 Å². The van der Waals surface area contributed by atoms with Crippen LogP contribution in [-0.2, 0) is 17.4 Å². The fraction of sp³-hybridized carbons (Fsp3) is 0.0909. The first-order valence-corrected chi connectivity index (χ1v) is 9.17. The molecule has 1 N–H and O–H groups in total. The molecule has 7 nitrogen and oxygen atoms in total. The molecule has 7 heteroatoms. The Morgan fingerprint density at radius 2 is 1.93 bits per heavy atom. The topological polar surface area (TPSA) is 80.8 Å². The van der Waals surface area contributed by atoms with Gasteiger partial charge in [0.05, 0.1) is 17.1 Å². The van der Waals surface area contributed by atoms with Crippen molar-refractivity contribution in [3.8, 4) is 0 Å². The summed E-state index contributed by atoms with van der Waals surface area (Å²) in [6.07, 6.45) is 6.67. The second-order valence-corrected chi connectivity index (χ2v) is 6.92. The summed E-state index contributed by atoms with van der Waals surface area (Å²) >= 11 is 0. The standard InChI is InChI=1S/C22H17N5O2/c1-26-18-9-8-15(14-17(18)20(28)27-19(26)10-13-24-27)22(11-5-12-23-22)21(29)25-16-6-3-2-4-7-16/h2-14H,1H3,(H,25,29). The maximum Gasteiger partial charge on any atom is 0.282 e. The normalized spacial score (nSPS) is 18.0. The number of aliphatic imine (C=N–C) groups is 1. The molecule has 0 aliphatic carbocycles. The van der Waals surface area contributed by atoms with Gasteiger partial charge in [-0.25, -0.2) is 0 Å². The van der Waals surface area contributed by atoms with Crippen LogP contribution >= 0.6 is 0 Å². The zero-order chi connectivity index (χ0) is 20.0. The van der Waals surface area contributed by atoms with Crippen LogP contribution in [0.15, 0.2) is 82.7 Å². The van der Waals surface area contributed by atoms with Gasteiger partial charge in [0.2, 0.25) is 0 Å². The van der Waals surface area contributed by atoms with E-state index in [-0.39, 0.29) is 11.5 Å². The zero-order valence-corrected chi connectivity index (χ0v) is 15.6. The maximum absolute atomic E-state index is 13.2. The number of amides is 1. The molecule has 0 saturated carbocycles. The number of nitrogens with one attached hydrogen (secondary N) is 1. The molecular weight excluding hydrogens is 366 g/mol. The molecule has 5 rings (SSSR count). The third-order valence-electron chi connectivity index (χ3n) is 5.27. The number of rotatable bonds is 3. The Morgan fingerprint density at radius 1 is 1.10 bits per heavy atom. The van der Waals surface area contributed by atoms with Crippen LogP contribution in [0.3, 0.4) is 0 Å². The average Bonchev–Trinajstić information content (AvgIpc) is 3.43. The lowest BCUT2D eigenvalue weighted by molar-refractivity contribution is -0.119. The Hall–Kier alpha value is -4.00. The van der Waals surface area contributed by atoms with Gasteiger partial charge in [-0.15, -0.1) is 0 Å². The first kappa shape index (κ1) is 17.1. The van der Waals surface area contributed by atoms with Crippen molar-refractivity contribution in [3.63, 3.8) is 0 Å². The quantitative estimate of drug-likeness (QED) is 0.591. The minimum absolute atomic E-state index is 0.232. The van der Waals surface area contributed by atoms with E-state index in [4.69, 9.17) is 0 Å². The summed E-state index contributed by atoms with van der Waals surface area (Å²) in [7, 11) is 1.88. The van der Waals surface area contributed by atoms with Crippen molar-refractivity contribution >= 4 is 34.4 Å². The van der Waals surface area contributed by atoms with Gasteiger partial charge in [0.15, 0.2) is 5.54 Å². The number of carbonyl (C=O) groups is 1. The van der Waals surface area contributed by atoms with Gasteiger partial charge in [0, 0.05) is 25.0 Å². The van der Waals surface area contributed by atoms with Crippen LogP contribution in [0.25, 0.3) is 16.6 Å². The van der Waals surface area contributed by atoms with E-state index in [1.165, 1.54) is 4.52 Å². The monoisotopic (exact) mass is 383 g/mol. The van der Waals surface area contributed by atoms with Crippen molar-refractivity contribution in [2.24, 2.45) is 12.0 Å². The summed E-state index contributed by atoms with van der Waals surface area (Å²) < 4.78 is 3.26. The molecule has 0 spiro atoms. The first-order valence-electron chi connectivity index (χ1n) is 9.17. The molecule has 0 bridgehead atoms. The summed E-state index contributed by atoms with van der Waals surface area (Å²) in [4.78, 5) is 30.6. The number of carbonyl (C=O) groups excluding carboxylic acids is 1. The van der Waals surface area contributed by atoms with Gasteiger partial charge in [-0.3, -0.25) is 14.6 Å². The molecule has 1 amide bonds. The Kier molecular flexibility index (Phi) is 3.70. The SMILES string of the molecule is Cn1c2ccc(C3(C(=O)Nc4ccccc4)C=CC=N3)cc2c(=O)n2nccc12. The van der Waals surface area contributed by atoms with Gasteiger partial charge in [-0.1, -0.05) is 24.3 Å². The van der Waals surface area contributed by atoms with Gasteiger partial charge < -0.3 is 9.88 Å².